The summed E-state index contributed by atoms with van der Waals surface area (Å²) in [5.41, 5.74) is 2.81. The third-order valence-electron chi connectivity index (χ3n) is 4.06. The second kappa shape index (κ2) is 6.37. The van der Waals surface area contributed by atoms with Gasteiger partial charge in [0.2, 0.25) is 0 Å². The van der Waals surface area contributed by atoms with Crippen LogP contribution < -0.4 is 5.73 Å². The van der Waals surface area contributed by atoms with E-state index in [9.17, 15) is 23.6 Å². The molecule has 0 aliphatic carbocycles. The SMILES string of the molecule is CC1(C)COCC(CN)(CO)N1S(=O)(=O)c1ccccc1[N+](=O)[O-]. The number of aliphatic hydroxyl groups excluding tert-OH is 1. The topological polar surface area (TPSA) is 136 Å². The molecular weight excluding hydrogens is 338 g/mol. The van der Waals surface area contributed by atoms with E-state index >= 15 is 0 Å². The van der Waals surface area contributed by atoms with Crippen molar-refractivity contribution in [2.45, 2.75) is 29.8 Å². The Hall–Kier alpha value is -1.59. The molecule has 2 rings (SSSR count). The molecule has 1 atom stereocenters. The van der Waals surface area contributed by atoms with E-state index in [4.69, 9.17) is 10.5 Å². The molecule has 1 unspecified atom stereocenters. The number of sulfonamides is 1. The largest absolute Gasteiger partial charge is 0.394 e. The first-order valence-electron chi connectivity index (χ1n) is 7.30. The highest BCUT2D eigenvalue weighted by Crippen LogP contribution is 2.38. The van der Waals surface area contributed by atoms with Crippen molar-refractivity contribution in [3.63, 3.8) is 0 Å². The highest BCUT2D eigenvalue weighted by molar-refractivity contribution is 7.89. The minimum absolute atomic E-state index is 0.0780. The van der Waals surface area contributed by atoms with Crippen molar-refractivity contribution in [2.75, 3.05) is 26.4 Å². The van der Waals surface area contributed by atoms with E-state index in [2.05, 4.69) is 0 Å². The monoisotopic (exact) mass is 359 g/mol. The van der Waals surface area contributed by atoms with Gasteiger partial charge in [0.1, 0.15) is 0 Å². The van der Waals surface area contributed by atoms with Crippen LogP contribution in [0.25, 0.3) is 0 Å². The molecule has 134 valence electrons. The fourth-order valence-electron chi connectivity index (χ4n) is 3.07. The highest BCUT2D eigenvalue weighted by atomic mass is 32.2. The predicted molar refractivity (Wildman–Crippen MR) is 85.9 cm³/mol. The minimum Gasteiger partial charge on any atom is -0.394 e. The van der Waals surface area contributed by atoms with Gasteiger partial charge in [0.05, 0.1) is 35.8 Å². The number of nitrogens with two attached hydrogens (primary N) is 1. The smallest absolute Gasteiger partial charge is 0.289 e. The number of aliphatic hydroxyl groups is 1. The van der Waals surface area contributed by atoms with Crippen LogP contribution in [-0.4, -0.2) is 60.2 Å². The standard InChI is InChI=1S/C14H21N3O6S/c1-13(2)9-23-10-14(7-15,8-18)17(13)24(21,22)12-6-4-3-5-11(12)16(19)20/h3-6,18H,7-10,15H2,1-2H3. The van der Waals surface area contributed by atoms with E-state index in [1.54, 1.807) is 13.8 Å². The van der Waals surface area contributed by atoms with Crippen LogP contribution >= 0.6 is 0 Å². The summed E-state index contributed by atoms with van der Waals surface area (Å²) in [6.07, 6.45) is 0. The van der Waals surface area contributed by atoms with Crippen LogP contribution in [0.2, 0.25) is 0 Å². The zero-order chi connectivity index (χ0) is 18.2. The van der Waals surface area contributed by atoms with Crippen LogP contribution in [0.1, 0.15) is 13.8 Å². The fraction of sp³-hybridized carbons (Fsp3) is 0.571. The van der Waals surface area contributed by atoms with Crippen LogP contribution in [0.5, 0.6) is 0 Å². The lowest BCUT2D eigenvalue weighted by molar-refractivity contribution is -0.387. The number of nitro benzene ring substituents is 1. The maximum absolute atomic E-state index is 13.3. The Morgan fingerprint density at radius 2 is 2.00 bits per heavy atom. The number of hydrogen-bond acceptors (Lipinski definition) is 7. The van der Waals surface area contributed by atoms with Crippen molar-refractivity contribution in [3.8, 4) is 0 Å². The first-order chi connectivity index (χ1) is 11.1. The van der Waals surface area contributed by atoms with E-state index in [0.717, 1.165) is 10.4 Å². The van der Waals surface area contributed by atoms with Crippen LogP contribution in [0.3, 0.4) is 0 Å². The molecule has 1 aliphatic rings. The summed E-state index contributed by atoms with van der Waals surface area (Å²) in [6, 6.07) is 5.11. The summed E-state index contributed by atoms with van der Waals surface area (Å²) in [5, 5.41) is 21.1. The molecular formula is C14H21N3O6S. The maximum Gasteiger partial charge on any atom is 0.289 e. The first-order valence-corrected chi connectivity index (χ1v) is 8.74. The van der Waals surface area contributed by atoms with Crippen molar-refractivity contribution < 1.29 is 23.2 Å². The minimum atomic E-state index is -4.31. The molecule has 10 heteroatoms. The number of nitro groups is 1. The number of nitrogens with zero attached hydrogens (tertiary/aromatic N) is 2. The number of para-hydroxylation sites is 1. The zero-order valence-electron chi connectivity index (χ0n) is 13.5. The molecule has 3 N–H and O–H groups in total. The van der Waals surface area contributed by atoms with Gasteiger partial charge in [-0.1, -0.05) is 12.1 Å². The molecule has 1 aliphatic heterocycles. The van der Waals surface area contributed by atoms with Gasteiger partial charge in [-0.3, -0.25) is 10.1 Å². The average molecular weight is 359 g/mol. The number of hydrogen-bond donors (Lipinski definition) is 2. The maximum atomic E-state index is 13.3. The highest BCUT2D eigenvalue weighted by Gasteiger charge is 2.54. The molecule has 0 radical (unpaired) electrons. The van der Waals surface area contributed by atoms with E-state index < -0.39 is 43.2 Å². The molecule has 24 heavy (non-hydrogen) atoms. The van der Waals surface area contributed by atoms with Gasteiger partial charge in [0.25, 0.3) is 15.7 Å². The van der Waals surface area contributed by atoms with Gasteiger partial charge < -0.3 is 15.6 Å². The van der Waals surface area contributed by atoms with Crippen LogP contribution in [0, 0.1) is 10.1 Å². The molecule has 1 heterocycles. The lowest BCUT2D eigenvalue weighted by Gasteiger charge is -2.52. The average Bonchev–Trinajstić information content (AvgIpc) is 2.53. The number of ether oxygens (including phenoxy) is 1. The van der Waals surface area contributed by atoms with Gasteiger partial charge in [-0.2, -0.15) is 4.31 Å². The summed E-state index contributed by atoms with van der Waals surface area (Å²) < 4.78 is 33.0. The van der Waals surface area contributed by atoms with Crippen LogP contribution in [-0.2, 0) is 14.8 Å². The molecule has 1 saturated heterocycles. The molecule has 1 aromatic rings. The van der Waals surface area contributed by atoms with Crippen molar-refractivity contribution in [1.82, 2.24) is 4.31 Å². The van der Waals surface area contributed by atoms with Gasteiger partial charge in [0.15, 0.2) is 4.90 Å². The second-order valence-electron chi connectivity index (χ2n) is 6.39. The molecule has 9 nitrogen and oxygen atoms in total. The van der Waals surface area contributed by atoms with Crippen molar-refractivity contribution in [2.24, 2.45) is 5.73 Å². The second-order valence-corrected chi connectivity index (χ2v) is 8.14. The number of morpholine rings is 1. The van der Waals surface area contributed by atoms with Gasteiger partial charge in [0, 0.05) is 12.6 Å². The van der Waals surface area contributed by atoms with E-state index in [1.165, 1.54) is 18.2 Å². The van der Waals surface area contributed by atoms with Crippen molar-refractivity contribution >= 4 is 15.7 Å². The third kappa shape index (κ3) is 2.91. The molecule has 0 spiro atoms. The lowest BCUT2D eigenvalue weighted by Crippen LogP contribution is -2.71. The molecule has 1 fully saturated rings. The van der Waals surface area contributed by atoms with Gasteiger partial charge in [-0.15, -0.1) is 0 Å². The van der Waals surface area contributed by atoms with Gasteiger partial charge in [-0.25, -0.2) is 8.42 Å². The Bertz CT molecular complexity index is 730. The van der Waals surface area contributed by atoms with Gasteiger partial charge >= 0.3 is 0 Å². The Labute approximate surface area is 140 Å². The van der Waals surface area contributed by atoms with E-state index in [-0.39, 0.29) is 19.8 Å². The van der Waals surface area contributed by atoms with Crippen LogP contribution in [0.15, 0.2) is 29.2 Å². The summed E-state index contributed by atoms with van der Waals surface area (Å²) in [4.78, 5) is 10.1. The summed E-state index contributed by atoms with van der Waals surface area (Å²) in [6.45, 7) is 2.48. The summed E-state index contributed by atoms with van der Waals surface area (Å²) in [5.74, 6) is 0. The Morgan fingerprint density at radius 1 is 1.38 bits per heavy atom. The fourth-order valence-corrected chi connectivity index (χ4v) is 5.32. The number of benzene rings is 1. The normalized spacial score (nSPS) is 24.7. The summed E-state index contributed by atoms with van der Waals surface area (Å²) in [7, 11) is -4.31. The van der Waals surface area contributed by atoms with Crippen molar-refractivity contribution in [1.29, 1.82) is 0 Å². The molecule has 0 amide bonds. The zero-order valence-corrected chi connectivity index (χ0v) is 14.3. The van der Waals surface area contributed by atoms with E-state index in [1.807, 2.05) is 0 Å². The molecule has 0 saturated carbocycles. The number of rotatable bonds is 5. The lowest BCUT2D eigenvalue weighted by atomic mass is 9.93. The summed E-state index contributed by atoms with van der Waals surface area (Å²) >= 11 is 0. The van der Waals surface area contributed by atoms with Crippen molar-refractivity contribution in [3.05, 3.63) is 34.4 Å². The van der Waals surface area contributed by atoms with E-state index in [0.29, 0.717) is 0 Å². The third-order valence-corrected chi connectivity index (χ3v) is 6.32. The van der Waals surface area contributed by atoms with Gasteiger partial charge in [-0.05, 0) is 19.9 Å². The Balaban J connectivity index is 2.71. The molecule has 1 aromatic carbocycles. The van der Waals surface area contributed by atoms with Crippen LogP contribution in [0.4, 0.5) is 5.69 Å². The quantitative estimate of drug-likeness (QED) is 0.561. The predicted octanol–water partition coefficient (Wildman–Crippen LogP) is 0.0841. The molecule has 0 aromatic heterocycles. The Morgan fingerprint density at radius 3 is 2.54 bits per heavy atom. The molecule has 0 bridgehead atoms. The first kappa shape index (κ1) is 18.7. The Kier molecular flexibility index (Phi) is 4.98.